The molecule has 0 aliphatic rings. The standard InChI is InChI=1S/C11H14N4OS/c1-6-5-7(2)15(4)10(16)8(6)9-13-14-11(12-3)17-9/h5H,1-4H3,(H,12,14). The molecule has 0 bridgehead atoms. The van der Waals surface area contributed by atoms with Crippen LogP contribution in [-0.2, 0) is 7.05 Å². The SMILES string of the molecule is CNc1nnc(-c2c(C)cc(C)n(C)c2=O)s1. The van der Waals surface area contributed by atoms with E-state index in [1.807, 2.05) is 19.9 Å². The number of nitrogens with zero attached hydrogens (tertiary/aromatic N) is 3. The molecule has 0 aliphatic carbocycles. The van der Waals surface area contributed by atoms with Crippen molar-refractivity contribution in [2.75, 3.05) is 12.4 Å². The predicted octanol–water partition coefficient (Wildman–Crippen LogP) is 1.56. The van der Waals surface area contributed by atoms with Crippen molar-refractivity contribution in [1.82, 2.24) is 14.8 Å². The van der Waals surface area contributed by atoms with Gasteiger partial charge in [-0.15, -0.1) is 10.2 Å². The zero-order chi connectivity index (χ0) is 12.6. The average Bonchev–Trinajstić information content (AvgIpc) is 2.74. The van der Waals surface area contributed by atoms with Crippen LogP contribution < -0.4 is 10.9 Å². The predicted molar refractivity (Wildman–Crippen MR) is 69.6 cm³/mol. The van der Waals surface area contributed by atoms with E-state index in [9.17, 15) is 4.79 Å². The maximum atomic E-state index is 12.2. The summed E-state index contributed by atoms with van der Waals surface area (Å²) >= 11 is 1.38. The summed E-state index contributed by atoms with van der Waals surface area (Å²) in [6.45, 7) is 3.83. The molecular weight excluding hydrogens is 236 g/mol. The Morgan fingerprint density at radius 3 is 2.65 bits per heavy atom. The van der Waals surface area contributed by atoms with Crippen LogP contribution in [0.3, 0.4) is 0 Å². The van der Waals surface area contributed by atoms with Gasteiger partial charge in [-0.3, -0.25) is 4.79 Å². The smallest absolute Gasteiger partial charge is 0.261 e. The van der Waals surface area contributed by atoms with Gasteiger partial charge < -0.3 is 9.88 Å². The van der Waals surface area contributed by atoms with Gasteiger partial charge >= 0.3 is 0 Å². The Morgan fingerprint density at radius 2 is 2.06 bits per heavy atom. The average molecular weight is 250 g/mol. The van der Waals surface area contributed by atoms with Crippen molar-refractivity contribution in [1.29, 1.82) is 0 Å². The first-order valence-corrected chi connectivity index (χ1v) is 6.05. The summed E-state index contributed by atoms with van der Waals surface area (Å²) < 4.78 is 1.63. The van der Waals surface area contributed by atoms with Crippen molar-refractivity contribution in [2.24, 2.45) is 7.05 Å². The van der Waals surface area contributed by atoms with Gasteiger partial charge in [0.1, 0.15) is 0 Å². The highest BCUT2D eigenvalue weighted by molar-refractivity contribution is 7.18. The molecule has 0 radical (unpaired) electrons. The molecule has 2 heterocycles. The molecule has 0 fully saturated rings. The number of aromatic nitrogens is 3. The first kappa shape index (κ1) is 11.8. The number of hydrogen-bond donors (Lipinski definition) is 1. The lowest BCUT2D eigenvalue weighted by Crippen LogP contribution is -2.21. The van der Waals surface area contributed by atoms with Crippen LogP contribution in [0, 0.1) is 13.8 Å². The van der Waals surface area contributed by atoms with Crippen molar-refractivity contribution in [3.63, 3.8) is 0 Å². The molecule has 0 atom stereocenters. The van der Waals surface area contributed by atoms with Crippen LogP contribution in [0.2, 0.25) is 0 Å². The topological polar surface area (TPSA) is 59.8 Å². The highest BCUT2D eigenvalue weighted by Gasteiger charge is 2.14. The summed E-state index contributed by atoms with van der Waals surface area (Å²) in [7, 11) is 3.55. The van der Waals surface area contributed by atoms with E-state index in [1.54, 1.807) is 18.7 Å². The highest BCUT2D eigenvalue weighted by atomic mass is 32.1. The molecule has 0 unspecified atom stereocenters. The van der Waals surface area contributed by atoms with Gasteiger partial charge in [0.2, 0.25) is 5.13 Å². The van der Waals surface area contributed by atoms with Crippen molar-refractivity contribution in [2.45, 2.75) is 13.8 Å². The van der Waals surface area contributed by atoms with E-state index in [4.69, 9.17) is 0 Å². The van der Waals surface area contributed by atoms with Crippen molar-refractivity contribution in [3.05, 3.63) is 27.7 Å². The molecule has 2 aromatic rings. The molecule has 0 amide bonds. The number of pyridine rings is 1. The molecule has 0 aliphatic heterocycles. The van der Waals surface area contributed by atoms with Crippen LogP contribution in [0.4, 0.5) is 5.13 Å². The molecule has 2 rings (SSSR count). The van der Waals surface area contributed by atoms with Crippen molar-refractivity contribution < 1.29 is 0 Å². The fourth-order valence-electron chi connectivity index (χ4n) is 1.66. The summed E-state index contributed by atoms with van der Waals surface area (Å²) in [6, 6.07) is 1.98. The van der Waals surface area contributed by atoms with Crippen LogP contribution in [0.5, 0.6) is 0 Å². The lowest BCUT2D eigenvalue weighted by molar-refractivity contribution is 0.816. The Labute approximate surface area is 103 Å². The fourth-order valence-corrected chi connectivity index (χ4v) is 2.46. The van der Waals surface area contributed by atoms with Crippen LogP contribution in [0.1, 0.15) is 11.3 Å². The largest absolute Gasteiger partial charge is 0.363 e. The van der Waals surface area contributed by atoms with E-state index in [2.05, 4.69) is 15.5 Å². The molecule has 0 saturated heterocycles. The lowest BCUT2D eigenvalue weighted by atomic mass is 10.1. The molecular formula is C11H14N4OS. The second kappa shape index (κ2) is 4.29. The van der Waals surface area contributed by atoms with Gasteiger partial charge in [-0.25, -0.2) is 0 Å². The van der Waals surface area contributed by atoms with Crippen molar-refractivity contribution >= 4 is 16.5 Å². The zero-order valence-corrected chi connectivity index (χ0v) is 11.1. The fraction of sp³-hybridized carbons (Fsp3) is 0.364. The molecule has 6 heteroatoms. The number of aryl methyl sites for hydroxylation is 2. The first-order chi connectivity index (χ1) is 8.04. The third-order valence-electron chi connectivity index (χ3n) is 2.72. The molecule has 17 heavy (non-hydrogen) atoms. The first-order valence-electron chi connectivity index (χ1n) is 5.23. The van der Waals surface area contributed by atoms with Gasteiger partial charge in [0.25, 0.3) is 5.56 Å². The van der Waals surface area contributed by atoms with Gasteiger partial charge in [-0.2, -0.15) is 0 Å². The van der Waals surface area contributed by atoms with Gasteiger partial charge in [-0.1, -0.05) is 11.3 Å². The Kier molecular flexibility index (Phi) is 2.97. The van der Waals surface area contributed by atoms with Crippen LogP contribution in [0.25, 0.3) is 10.6 Å². The molecule has 0 aromatic carbocycles. The van der Waals surface area contributed by atoms with E-state index in [0.29, 0.717) is 15.7 Å². The van der Waals surface area contributed by atoms with Crippen LogP contribution in [0.15, 0.2) is 10.9 Å². The second-order valence-corrected chi connectivity index (χ2v) is 4.85. The number of hydrogen-bond acceptors (Lipinski definition) is 5. The van der Waals surface area contributed by atoms with E-state index in [1.165, 1.54) is 11.3 Å². The molecule has 2 aromatic heterocycles. The lowest BCUT2D eigenvalue weighted by Gasteiger charge is -2.08. The number of rotatable bonds is 2. The maximum Gasteiger partial charge on any atom is 0.261 e. The number of nitrogens with one attached hydrogen (secondary N) is 1. The normalized spacial score (nSPS) is 10.6. The van der Waals surface area contributed by atoms with Gasteiger partial charge in [0.05, 0.1) is 5.56 Å². The third-order valence-corrected chi connectivity index (χ3v) is 3.68. The van der Waals surface area contributed by atoms with Gasteiger partial charge in [-0.05, 0) is 25.5 Å². The minimum absolute atomic E-state index is 0.0266. The summed E-state index contributed by atoms with van der Waals surface area (Å²) in [4.78, 5) is 12.2. The van der Waals surface area contributed by atoms with E-state index < -0.39 is 0 Å². The molecule has 0 saturated carbocycles. The Hall–Kier alpha value is -1.69. The van der Waals surface area contributed by atoms with E-state index >= 15 is 0 Å². The molecule has 0 spiro atoms. The molecule has 5 nitrogen and oxygen atoms in total. The quantitative estimate of drug-likeness (QED) is 0.878. The Morgan fingerprint density at radius 1 is 1.35 bits per heavy atom. The Balaban J connectivity index is 2.67. The van der Waals surface area contributed by atoms with Crippen LogP contribution in [-0.4, -0.2) is 21.8 Å². The number of anilines is 1. The minimum Gasteiger partial charge on any atom is -0.363 e. The van der Waals surface area contributed by atoms with Crippen LogP contribution >= 0.6 is 11.3 Å². The molecule has 90 valence electrons. The Bertz CT molecular complexity index is 614. The monoisotopic (exact) mass is 250 g/mol. The zero-order valence-electron chi connectivity index (χ0n) is 10.2. The summed E-state index contributed by atoms with van der Waals surface area (Å²) in [5.74, 6) is 0. The van der Waals surface area contributed by atoms with Crippen molar-refractivity contribution in [3.8, 4) is 10.6 Å². The highest BCUT2D eigenvalue weighted by Crippen LogP contribution is 2.26. The van der Waals surface area contributed by atoms with E-state index in [0.717, 1.165) is 11.3 Å². The maximum absolute atomic E-state index is 12.2. The van der Waals surface area contributed by atoms with Gasteiger partial charge in [0, 0.05) is 19.8 Å². The molecule has 1 N–H and O–H groups in total. The van der Waals surface area contributed by atoms with E-state index in [-0.39, 0.29) is 5.56 Å². The van der Waals surface area contributed by atoms with Gasteiger partial charge in [0.15, 0.2) is 5.01 Å². The minimum atomic E-state index is -0.0266. The summed E-state index contributed by atoms with van der Waals surface area (Å²) in [6.07, 6.45) is 0. The summed E-state index contributed by atoms with van der Waals surface area (Å²) in [5, 5.41) is 12.3. The summed E-state index contributed by atoms with van der Waals surface area (Å²) in [5.41, 5.74) is 2.48. The third kappa shape index (κ3) is 1.95. The second-order valence-electron chi connectivity index (χ2n) is 3.87.